The fourth-order valence-corrected chi connectivity index (χ4v) is 2.07. The second-order valence-corrected chi connectivity index (χ2v) is 4.62. The molecule has 0 bridgehead atoms. The predicted molar refractivity (Wildman–Crippen MR) is 69.4 cm³/mol. The maximum atomic E-state index is 11.9. The number of Topliss-reactive ketones (excluding diaryl/α,β-unsaturated/α-hetero) is 1. The molecular formula is C15H18O4. The fraction of sp³-hybridized carbons (Fsp3) is 0.467. The van der Waals surface area contributed by atoms with Gasteiger partial charge in [-0.2, -0.15) is 0 Å². The minimum Gasteiger partial charge on any atom is -0.460 e. The van der Waals surface area contributed by atoms with Gasteiger partial charge in [-0.25, -0.2) is 0 Å². The van der Waals surface area contributed by atoms with Gasteiger partial charge in [-0.3, -0.25) is 9.59 Å². The summed E-state index contributed by atoms with van der Waals surface area (Å²) in [6.07, 6.45) is 1.50. The van der Waals surface area contributed by atoms with Crippen LogP contribution in [-0.2, 0) is 25.7 Å². The summed E-state index contributed by atoms with van der Waals surface area (Å²) in [6, 6.07) is 9.45. The number of ether oxygens (including phenoxy) is 2. The van der Waals surface area contributed by atoms with Crippen molar-refractivity contribution in [1.82, 2.24) is 0 Å². The SMILES string of the molecule is O=C1CCCOCC[C@H]1C(=O)OCc1ccccc1. The Balaban J connectivity index is 1.88. The molecular weight excluding hydrogens is 244 g/mol. The zero-order chi connectivity index (χ0) is 13.5. The minimum absolute atomic E-state index is 0.0265. The molecule has 0 aliphatic carbocycles. The van der Waals surface area contributed by atoms with E-state index in [9.17, 15) is 9.59 Å². The van der Waals surface area contributed by atoms with E-state index >= 15 is 0 Å². The van der Waals surface area contributed by atoms with E-state index in [1.54, 1.807) is 0 Å². The first-order chi connectivity index (χ1) is 9.27. The van der Waals surface area contributed by atoms with E-state index in [1.165, 1.54) is 0 Å². The monoisotopic (exact) mass is 262 g/mol. The fourth-order valence-electron chi connectivity index (χ4n) is 2.07. The van der Waals surface area contributed by atoms with Gasteiger partial charge in [-0.15, -0.1) is 0 Å². The molecule has 0 N–H and O–H groups in total. The number of hydrogen-bond donors (Lipinski definition) is 0. The molecule has 1 saturated heterocycles. The van der Waals surface area contributed by atoms with Gasteiger partial charge in [0.25, 0.3) is 0 Å². The molecule has 0 unspecified atom stereocenters. The average Bonchev–Trinajstić information content (AvgIpc) is 2.42. The summed E-state index contributed by atoms with van der Waals surface area (Å²) >= 11 is 0. The van der Waals surface area contributed by atoms with Crippen LogP contribution in [0.5, 0.6) is 0 Å². The van der Waals surface area contributed by atoms with Crippen LogP contribution in [-0.4, -0.2) is 25.0 Å². The van der Waals surface area contributed by atoms with Crippen molar-refractivity contribution in [3.8, 4) is 0 Å². The van der Waals surface area contributed by atoms with Gasteiger partial charge in [0, 0.05) is 19.6 Å². The summed E-state index contributed by atoms with van der Waals surface area (Å²) in [4.78, 5) is 23.8. The van der Waals surface area contributed by atoms with Gasteiger partial charge in [0.1, 0.15) is 18.3 Å². The normalized spacial score (nSPS) is 20.4. The van der Waals surface area contributed by atoms with Crippen LogP contribution in [0.25, 0.3) is 0 Å². The molecule has 1 heterocycles. The minimum atomic E-state index is -0.663. The first-order valence-electron chi connectivity index (χ1n) is 6.58. The number of rotatable bonds is 3. The molecule has 0 amide bonds. The Morgan fingerprint density at radius 2 is 2.05 bits per heavy atom. The summed E-state index contributed by atoms with van der Waals surface area (Å²) < 4.78 is 10.5. The zero-order valence-electron chi connectivity index (χ0n) is 10.8. The Labute approximate surface area is 112 Å². The standard InChI is InChI=1S/C15H18O4/c16-14-7-4-9-18-10-8-13(14)15(17)19-11-12-5-2-1-3-6-12/h1-3,5-6,13H,4,7-11H2/t13-/m1/s1. The average molecular weight is 262 g/mol. The molecule has 1 fully saturated rings. The van der Waals surface area contributed by atoms with Crippen LogP contribution >= 0.6 is 0 Å². The molecule has 1 aliphatic heterocycles. The Morgan fingerprint density at radius 3 is 2.84 bits per heavy atom. The number of carbonyl (C=O) groups is 2. The molecule has 0 aromatic heterocycles. The lowest BCUT2D eigenvalue weighted by Crippen LogP contribution is -2.29. The molecule has 0 radical (unpaired) electrons. The van der Waals surface area contributed by atoms with Crippen LogP contribution in [0, 0.1) is 5.92 Å². The maximum absolute atomic E-state index is 11.9. The third-order valence-corrected chi connectivity index (χ3v) is 3.16. The Hall–Kier alpha value is -1.68. The van der Waals surface area contributed by atoms with Gasteiger partial charge in [0.05, 0.1) is 0 Å². The third kappa shape index (κ3) is 4.17. The zero-order valence-corrected chi connectivity index (χ0v) is 10.8. The smallest absolute Gasteiger partial charge is 0.316 e. The van der Waals surface area contributed by atoms with Crippen molar-refractivity contribution in [2.45, 2.75) is 25.9 Å². The van der Waals surface area contributed by atoms with Crippen molar-refractivity contribution >= 4 is 11.8 Å². The molecule has 1 atom stereocenters. The van der Waals surface area contributed by atoms with Crippen LogP contribution < -0.4 is 0 Å². The van der Waals surface area contributed by atoms with Gasteiger partial charge < -0.3 is 9.47 Å². The van der Waals surface area contributed by atoms with E-state index in [1.807, 2.05) is 30.3 Å². The number of esters is 1. The molecule has 4 nitrogen and oxygen atoms in total. The number of carbonyl (C=O) groups excluding carboxylic acids is 2. The first kappa shape index (κ1) is 13.7. The molecule has 0 spiro atoms. The Kier molecular flexibility index (Phi) is 5.10. The molecule has 0 saturated carbocycles. The lowest BCUT2D eigenvalue weighted by atomic mass is 9.96. The van der Waals surface area contributed by atoms with Crippen LogP contribution in [0.3, 0.4) is 0 Å². The molecule has 4 heteroatoms. The largest absolute Gasteiger partial charge is 0.460 e. The Morgan fingerprint density at radius 1 is 1.26 bits per heavy atom. The van der Waals surface area contributed by atoms with E-state index in [2.05, 4.69) is 0 Å². The lowest BCUT2D eigenvalue weighted by molar-refractivity contribution is -0.154. The predicted octanol–water partition coefficient (Wildman–Crippen LogP) is 2.12. The summed E-state index contributed by atoms with van der Waals surface area (Å²) in [7, 11) is 0. The van der Waals surface area contributed by atoms with Crippen LogP contribution in [0.1, 0.15) is 24.8 Å². The summed E-state index contributed by atoms with van der Waals surface area (Å²) in [6.45, 7) is 1.25. The summed E-state index contributed by atoms with van der Waals surface area (Å²) in [5, 5.41) is 0. The maximum Gasteiger partial charge on any atom is 0.316 e. The van der Waals surface area contributed by atoms with E-state index in [0.717, 1.165) is 5.56 Å². The van der Waals surface area contributed by atoms with Crippen LogP contribution in [0.4, 0.5) is 0 Å². The highest BCUT2D eigenvalue weighted by atomic mass is 16.5. The topological polar surface area (TPSA) is 52.6 Å². The second kappa shape index (κ2) is 7.04. The van der Waals surface area contributed by atoms with Gasteiger partial charge in [0.2, 0.25) is 0 Å². The molecule has 19 heavy (non-hydrogen) atoms. The van der Waals surface area contributed by atoms with E-state index < -0.39 is 11.9 Å². The second-order valence-electron chi connectivity index (χ2n) is 4.62. The van der Waals surface area contributed by atoms with Crippen molar-refractivity contribution < 1.29 is 19.1 Å². The van der Waals surface area contributed by atoms with Crippen molar-refractivity contribution in [2.24, 2.45) is 5.92 Å². The molecule has 102 valence electrons. The highest BCUT2D eigenvalue weighted by Crippen LogP contribution is 2.15. The number of hydrogen-bond acceptors (Lipinski definition) is 4. The summed E-state index contributed by atoms with van der Waals surface area (Å²) in [5.41, 5.74) is 0.922. The number of ketones is 1. The first-order valence-corrected chi connectivity index (χ1v) is 6.58. The lowest BCUT2D eigenvalue weighted by Gasteiger charge is -2.17. The summed E-state index contributed by atoms with van der Waals surface area (Å²) in [5.74, 6) is -1.12. The molecule has 1 aromatic rings. The molecule has 2 rings (SSSR count). The van der Waals surface area contributed by atoms with E-state index in [-0.39, 0.29) is 12.4 Å². The van der Waals surface area contributed by atoms with Crippen molar-refractivity contribution in [3.05, 3.63) is 35.9 Å². The van der Waals surface area contributed by atoms with E-state index in [4.69, 9.17) is 9.47 Å². The van der Waals surface area contributed by atoms with Crippen LogP contribution in [0.2, 0.25) is 0 Å². The van der Waals surface area contributed by atoms with Crippen molar-refractivity contribution in [2.75, 3.05) is 13.2 Å². The highest BCUT2D eigenvalue weighted by molar-refractivity contribution is 5.99. The third-order valence-electron chi connectivity index (χ3n) is 3.16. The Bertz CT molecular complexity index is 427. The van der Waals surface area contributed by atoms with Gasteiger partial charge in [0.15, 0.2) is 0 Å². The molecule has 1 aromatic carbocycles. The van der Waals surface area contributed by atoms with Gasteiger partial charge in [-0.1, -0.05) is 30.3 Å². The van der Waals surface area contributed by atoms with Gasteiger partial charge in [-0.05, 0) is 18.4 Å². The van der Waals surface area contributed by atoms with Gasteiger partial charge >= 0.3 is 5.97 Å². The number of benzene rings is 1. The van der Waals surface area contributed by atoms with Crippen molar-refractivity contribution in [1.29, 1.82) is 0 Å². The molecule has 1 aliphatic rings. The quantitative estimate of drug-likeness (QED) is 0.618. The van der Waals surface area contributed by atoms with Crippen LogP contribution in [0.15, 0.2) is 30.3 Å². The highest BCUT2D eigenvalue weighted by Gasteiger charge is 2.28. The van der Waals surface area contributed by atoms with Crippen molar-refractivity contribution in [3.63, 3.8) is 0 Å². The van der Waals surface area contributed by atoms with E-state index in [0.29, 0.717) is 32.5 Å².